The van der Waals surface area contributed by atoms with Gasteiger partial charge < -0.3 is 20.4 Å². The van der Waals surface area contributed by atoms with Crippen molar-refractivity contribution in [1.29, 1.82) is 0 Å². The molecule has 0 aromatic heterocycles. The van der Waals surface area contributed by atoms with Crippen molar-refractivity contribution in [3.8, 4) is 0 Å². The van der Waals surface area contributed by atoms with Crippen molar-refractivity contribution in [3.63, 3.8) is 0 Å². The fraction of sp³-hybridized carbons (Fsp3) is 0.267. The van der Waals surface area contributed by atoms with E-state index in [1.54, 1.807) is 23.1 Å². The molecular weight excluding hydrogens is 587 g/mol. The van der Waals surface area contributed by atoms with Gasteiger partial charge in [-0.15, -0.1) is 0 Å². The smallest absolute Gasteiger partial charge is 0.313 e. The van der Waals surface area contributed by atoms with Gasteiger partial charge in [0.25, 0.3) is 5.91 Å². The molecule has 11 heteroatoms. The Hall–Kier alpha value is -3.59. The molecule has 0 atom stereocenters. The Morgan fingerprint density at radius 3 is 2.10 bits per heavy atom. The quantitative estimate of drug-likeness (QED) is 0.313. The number of carbonyl (C=O) groups excluding carboxylic acids is 4. The highest BCUT2D eigenvalue weighted by Gasteiger charge is 2.30. The Morgan fingerprint density at radius 1 is 0.829 bits per heavy atom. The molecule has 3 aromatic carbocycles. The lowest BCUT2D eigenvalue weighted by atomic mass is 9.95. The number of carbonyl (C=O) groups is 4. The van der Waals surface area contributed by atoms with Crippen LogP contribution in [0.4, 0.5) is 11.4 Å². The SMILES string of the molecule is CCN(Cc1ccccc1)C(=O)c1cc(NC(=O)C(=O)N2CCC(C(=O)Nc3ccc(Cl)c(Cl)c3)CC2)ccc1Cl. The van der Waals surface area contributed by atoms with Crippen LogP contribution in [0.15, 0.2) is 66.7 Å². The van der Waals surface area contributed by atoms with E-state index in [0.29, 0.717) is 41.7 Å². The van der Waals surface area contributed by atoms with Crippen LogP contribution in [0.5, 0.6) is 0 Å². The molecule has 4 amide bonds. The number of halogens is 3. The molecule has 214 valence electrons. The second kappa shape index (κ2) is 13.9. The number of hydrogen-bond acceptors (Lipinski definition) is 4. The second-order valence-corrected chi connectivity index (χ2v) is 10.9. The van der Waals surface area contributed by atoms with E-state index >= 15 is 0 Å². The van der Waals surface area contributed by atoms with Crippen LogP contribution >= 0.6 is 34.8 Å². The van der Waals surface area contributed by atoms with Crippen LogP contribution in [0.25, 0.3) is 0 Å². The minimum absolute atomic E-state index is 0.188. The summed E-state index contributed by atoms with van der Waals surface area (Å²) in [5.41, 5.74) is 2.01. The molecular formula is C30H29Cl3N4O4. The maximum absolute atomic E-state index is 13.3. The Morgan fingerprint density at radius 2 is 1.46 bits per heavy atom. The average Bonchev–Trinajstić information content (AvgIpc) is 2.98. The predicted octanol–water partition coefficient (Wildman–Crippen LogP) is 6.12. The summed E-state index contributed by atoms with van der Waals surface area (Å²) in [7, 11) is 0. The van der Waals surface area contributed by atoms with Crippen molar-refractivity contribution in [2.45, 2.75) is 26.3 Å². The van der Waals surface area contributed by atoms with Crippen LogP contribution in [0, 0.1) is 5.92 Å². The number of hydrogen-bond donors (Lipinski definition) is 2. The number of anilines is 2. The van der Waals surface area contributed by atoms with Gasteiger partial charge in [0.1, 0.15) is 0 Å². The second-order valence-electron chi connectivity index (χ2n) is 9.64. The molecule has 1 aliphatic heterocycles. The first-order valence-corrected chi connectivity index (χ1v) is 14.3. The first kappa shape index (κ1) is 30.4. The van der Waals surface area contributed by atoms with Gasteiger partial charge in [0.15, 0.2) is 0 Å². The minimum Gasteiger partial charge on any atom is -0.335 e. The maximum atomic E-state index is 13.3. The molecule has 0 unspecified atom stereocenters. The lowest BCUT2D eigenvalue weighted by Crippen LogP contribution is -2.45. The summed E-state index contributed by atoms with van der Waals surface area (Å²) in [5.74, 6) is -2.34. The van der Waals surface area contributed by atoms with E-state index in [-0.39, 0.29) is 47.1 Å². The van der Waals surface area contributed by atoms with E-state index < -0.39 is 11.8 Å². The van der Waals surface area contributed by atoms with Gasteiger partial charge in [-0.1, -0.05) is 65.1 Å². The van der Waals surface area contributed by atoms with Gasteiger partial charge in [0.05, 0.1) is 20.6 Å². The van der Waals surface area contributed by atoms with Gasteiger partial charge in [-0.3, -0.25) is 19.2 Å². The molecule has 1 saturated heterocycles. The van der Waals surface area contributed by atoms with Gasteiger partial charge in [0, 0.05) is 43.5 Å². The van der Waals surface area contributed by atoms with Crippen LogP contribution in [-0.4, -0.2) is 53.1 Å². The van der Waals surface area contributed by atoms with Gasteiger partial charge in [0.2, 0.25) is 5.91 Å². The minimum atomic E-state index is -0.832. The number of rotatable bonds is 7. The molecule has 4 rings (SSSR count). The molecule has 0 aliphatic carbocycles. The number of piperidine rings is 1. The molecule has 3 aromatic rings. The Balaban J connectivity index is 1.33. The predicted molar refractivity (Wildman–Crippen MR) is 161 cm³/mol. The molecule has 0 bridgehead atoms. The van der Waals surface area contributed by atoms with Crippen LogP contribution in [0.3, 0.4) is 0 Å². The van der Waals surface area contributed by atoms with E-state index in [4.69, 9.17) is 34.8 Å². The lowest BCUT2D eigenvalue weighted by Gasteiger charge is -2.30. The zero-order chi connectivity index (χ0) is 29.5. The van der Waals surface area contributed by atoms with Crippen molar-refractivity contribution < 1.29 is 19.2 Å². The Kier molecular flexibility index (Phi) is 10.3. The maximum Gasteiger partial charge on any atom is 0.313 e. The summed E-state index contributed by atoms with van der Waals surface area (Å²) < 4.78 is 0. The average molecular weight is 616 g/mol. The third-order valence-electron chi connectivity index (χ3n) is 6.87. The highest BCUT2D eigenvalue weighted by atomic mass is 35.5. The van der Waals surface area contributed by atoms with Gasteiger partial charge >= 0.3 is 11.8 Å². The van der Waals surface area contributed by atoms with Crippen LogP contribution in [0.1, 0.15) is 35.7 Å². The normalized spacial score (nSPS) is 13.4. The highest BCUT2D eigenvalue weighted by molar-refractivity contribution is 6.42. The van der Waals surface area contributed by atoms with E-state index in [9.17, 15) is 19.2 Å². The summed E-state index contributed by atoms with van der Waals surface area (Å²) in [4.78, 5) is 54.7. The van der Waals surface area contributed by atoms with Crippen molar-refractivity contribution >= 4 is 69.8 Å². The third kappa shape index (κ3) is 7.79. The molecule has 41 heavy (non-hydrogen) atoms. The van der Waals surface area contributed by atoms with E-state index in [2.05, 4.69) is 10.6 Å². The number of nitrogens with zero attached hydrogens (tertiary/aromatic N) is 2. The summed E-state index contributed by atoms with van der Waals surface area (Å²) >= 11 is 18.3. The summed E-state index contributed by atoms with van der Waals surface area (Å²) in [6.07, 6.45) is 0.806. The van der Waals surface area contributed by atoms with Crippen molar-refractivity contribution in [2.75, 3.05) is 30.3 Å². The van der Waals surface area contributed by atoms with E-state index in [1.165, 1.54) is 23.1 Å². The topological polar surface area (TPSA) is 98.8 Å². The summed E-state index contributed by atoms with van der Waals surface area (Å²) in [5, 5.41) is 6.37. The molecule has 8 nitrogen and oxygen atoms in total. The Bertz CT molecular complexity index is 1440. The van der Waals surface area contributed by atoms with Crippen LogP contribution in [0.2, 0.25) is 15.1 Å². The van der Waals surface area contributed by atoms with Crippen molar-refractivity contribution in [3.05, 3.63) is 92.9 Å². The first-order valence-electron chi connectivity index (χ1n) is 13.1. The zero-order valence-electron chi connectivity index (χ0n) is 22.3. The van der Waals surface area contributed by atoms with Crippen molar-refractivity contribution in [2.24, 2.45) is 5.92 Å². The van der Waals surface area contributed by atoms with E-state index in [0.717, 1.165) is 5.56 Å². The van der Waals surface area contributed by atoms with Crippen LogP contribution in [-0.2, 0) is 20.9 Å². The monoisotopic (exact) mass is 614 g/mol. The standard InChI is InChI=1S/C30H29Cl3N4O4/c1-2-36(18-19-6-4-3-5-7-19)29(40)23-16-21(8-10-24(23)31)35-28(39)30(41)37-14-12-20(13-15-37)27(38)34-22-9-11-25(32)26(33)17-22/h3-11,16-17,20H,2,12-15,18H2,1H3,(H,34,38)(H,35,39). The number of likely N-dealkylation sites (tertiary alicyclic amines) is 1. The summed E-state index contributed by atoms with van der Waals surface area (Å²) in [6.45, 7) is 3.24. The summed E-state index contributed by atoms with van der Waals surface area (Å²) in [6, 6.07) is 19.0. The van der Waals surface area contributed by atoms with Crippen molar-refractivity contribution in [1.82, 2.24) is 9.80 Å². The third-order valence-corrected chi connectivity index (χ3v) is 7.94. The van der Waals surface area contributed by atoms with Gasteiger partial charge in [-0.2, -0.15) is 0 Å². The fourth-order valence-electron chi connectivity index (χ4n) is 4.56. The lowest BCUT2D eigenvalue weighted by molar-refractivity contribution is -0.144. The molecule has 0 spiro atoms. The largest absolute Gasteiger partial charge is 0.335 e. The van der Waals surface area contributed by atoms with Gasteiger partial charge in [-0.25, -0.2) is 0 Å². The molecule has 1 aliphatic rings. The molecule has 1 fully saturated rings. The first-order chi connectivity index (χ1) is 19.7. The molecule has 2 N–H and O–H groups in total. The number of amides is 4. The van der Waals surface area contributed by atoms with E-state index in [1.807, 2.05) is 37.3 Å². The Labute approximate surface area is 253 Å². The van der Waals surface area contributed by atoms with Gasteiger partial charge in [-0.05, 0) is 61.7 Å². The molecule has 1 heterocycles. The molecule has 0 radical (unpaired) electrons. The number of nitrogens with one attached hydrogen (secondary N) is 2. The molecule has 0 saturated carbocycles. The number of benzene rings is 3. The van der Waals surface area contributed by atoms with Crippen LogP contribution < -0.4 is 10.6 Å². The highest BCUT2D eigenvalue weighted by Crippen LogP contribution is 2.27. The fourth-order valence-corrected chi connectivity index (χ4v) is 5.06. The zero-order valence-corrected chi connectivity index (χ0v) is 24.6.